The van der Waals surface area contributed by atoms with Gasteiger partial charge in [-0.2, -0.15) is 8.75 Å². The Morgan fingerprint density at radius 2 is 0.969 bits per heavy atom. The maximum Gasteiger partial charge on any atom is 0.266 e. The lowest BCUT2D eigenvalue weighted by atomic mass is 10.2. The first-order valence-corrected chi connectivity index (χ1v) is 23.8. The van der Waals surface area contributed by atoms with Gasteiger partial charge >= 0.3 is 0 Å². The third-order valence-corrected chi connectivity index (χ3v) is 13.7. The molecule has 20 heteroatoms. The van der Waals surface area contributed by atoms with Gasteiger partial charge in [-0.15, -0.1) is 0 Å². The average Bonchev–Trinajstić information content (AvgIpc) is 3.94. The Kier molecular flexibility index (Phi) is 11.3. The van der Waals surface area contributed by atoms with E-state index in [0.717, 1.165) is 27.9 Å². The van der Waals surface area contributed by atoms with Crippen LogP contribution in [0, 0.1) is 25.5 Å². The Bertz CT molecular complexity index is 3650. The van der Waals surface area contributed by atoms with Crippen LogP contribution in [0.25, 0.3) is 43.9 Å². The summed E-state index contributed by atoms with van der Waals surface area (Å²) in [7, 11) is -8.35. The van der Waals surface area contributed by atoms with Crippen molar-refractivity contribution in [2.45, 2.75) is 23.6 Å². The van der Waals surface area contributed by atoms with E-state index < -0.39 is 36.6 Å². The van der Waals surface area contributed by atoms with Crippen molar-refractivity contribution in [1.82, 2.24) is 28.7 Å². The van der Waals surface area contributed by atoms with Gasteiger partial charge in [0.1, 0.15) is 16.5 Å². The van der Waals surface area contributed by atoms with Gasteiger partial charge in [-0.05, 0) is 133 Å². The van der Waals surface area contributed by atoms with E-state index in [1.165, 1.54) is 53.4 Å². The van der Waals surface area contributed by atoms with Gasteiger partial charge in [0.05, 0.1) is 38.0 Å². The molecule has 0 radical (unpaired) electrons. The summed E-state index contributed by atoms with van der Waals surface area (Å²) in [4.78, 5) is 17.3. The monoisotopic (exact) mass is 930 g/mol. The molecule has 0 amide bonds. The Morgan fingerprint density at radius 1 is 0.484 bits per heavy atom. The van der Waals surface area contributed by atoms with E-state index in [-0.39, 0.29) is 28.2 Å². The molecule has 14 nitrogen and oxygen atoms in total. The van der Waals surface area contributed by atoms with Gasteiger partial charge in [0.15, 0.2) is 23.3 Å². The fourth-order valence-corrected chi connectivity index (χ4v) is 9.78. The number of aryl methyl sites for hydroxylation is 2. The molecule has 0 aliphatic carbocycles. The van der Waals surface area contributed by atoms with Crippen molar-refractivity contribution >= 4 is 122 Å². The summed E-state index contributed by atoms with van der Waals surface area (Å²) in [6.07, 6.45) is 0. The number of nitrogens with one attached hydrogen (secondary N) is 4. The summed E-state index contributed by atoms with van der Waals surface area (Å²) in [5.74, 6) is -1.05. The number of halogens is 2. The van der Waals surface area contributed by atoms with Crippen molar-refractivity contribution in [2.24, 2.45) is 0 Å². The fourth-order valence-electron chi connectivity index (χ4n) is 6.42. The van der Waals surface area contributed by atoms with Crippen molar-refractivity contribution in [1.29, 1.82) is 0 Å². The molecule has 0 spiro atoms. The standard InChI is InChI=1S/2C22H16FN5O2S2/c1-13-6-9-20(16(23)10-13)32(29,30)28-22-21(25-18-4-2-3-5-19(18)26-22)24-15-7-8-17-14(11-15)12-31-27-17;1-13-6-8-16(11-17(13)23)32(29,30)28-22-21(25-19-4-2-3-5-20(19)26-22)24-15-7-9-18-14(10-15)12-31-27-18/h2*2-12H,1H3,(H,24,25)(H,26,28). The molecule has 64 heavy (non-hydrogen) atoms. The number of rotatable bonds is 10. The zero-order valence-corrected chi connectivity index (χ0v) is 36.7. The molecule has 0 fully saturated rings. The number of sulfonamides is 2. The lowest BCUT2D eigenvalue weighted by Gasteiger charge is -2.14. The van der Waals surface area contributed by atoms with E-state index in [4.69, 9.17) is 0 Å². The fraction of sp³-hybridized carbons (Fsp3) is 0.0455. The van der Waals surface area contributed by atoms with Crippen molar-refractivity contribution in [3.63, 3.8) is 0 Å². The van der Waals surface area contributed by atoms with Gasteiger partial charge < -0.3 is 10.6 Å². The lowest BCUT2D eigenvalue weighted by molar-refractivity contribution is 0.569. The van der Waals surface area contributed by atoms with Crippen LogP contribution in [-0.4, -0.2) is 45.5 Å². The summed E-state index contributed by atoms with van der Waals surface area (Å²) >= 11 is 2.70. The second-order valence-corrected chi connectivity index (χ2v) is 18.9. The smallest absolute Gasteiger partial charge is 0.266 e. The minimum absolute atomic E-state index is 0.00761. The maximum absolute atomic E-state index is 14.4. The first-order valence-electron chi connectivity index (χ1n) is 19.1. The molecule has 6 aromatic carbocycles. The molecule has 320 valence electrons. The second kappa shape index (κ2) is 17.1. The van der Waals surface area contributed by atoms with Crippen LogP contribution >= 0.6 is 23.1 Å². The van der Waals surface area contributed by atoms with Gasteiger partial charge in [0.25, 0.3) is 20.0 Å². The zero-order valence-electron chi connectivity index (χ0n) is 33.4. The Morgan fingerprint density at radius 3 is 1.45 bits per heavy atom. The molecule has 10 aromatic rings. The van der Waals surface area contributed by atoms with E-state index >= 15 is 0 Å². The molecule has 0 aliphatic heterocycles. The Labute approximate surface area is 372 Å². The van der Waals surface area contributed by atoms with Crippen molar-refractivity contribution < 1.29 is 25.6 Å². The summed E-state index contributed by atoms with van der Waals surface area (Å²) in [6.45, 7) is 3.25. The molecule has 0 atom stereocenters. The highest BCUT2D eigenvalue weighted by Gasteiger charge is 2.23. The molecule has 4 N–H and O–H groups in total. The molecule has 0 unspecified atom stereocenters. The summed E-state index contributed by atoms with van der Waals surface area (Å²) in [5, 5.41) is 12.0. The molecule has 0 aliphatic rings. The third kappa shape index (κ3) is 8.97. The van der Waals surface area contributed by atoms with E-state index in [2.05, 4.69) is 48.8 Å². The van der Waals surface area contributed by atoms with Crippen LogP contribution in [0.3, 0.4) is 0 Å². The van der Waals surface area contributed by atoms with Crippen LogP contribution in [0.5, 0.6) is 0 Å². The second-order valence-electron chi connectivity index (χ2n) is 14.3. The predicted molar refractivity (Wildman–Crippen MR) is 249 cm³/mol. The molecule has 10 rings (SSSR count). The number of para-hydroxylation sites is 4. The number of nitrogens with zero attached hydrogens (tertiary/aromatic N) is 6. The van der Waals surface area contributed by atoms with Gasteiger partial charge in [-0.1, -0.05) is 36.4 Å². The summed E-state index contributed by atoms with van der Waals surface area (Å²) < 4.78 is 93.6. The quantitative estimate of drug-likeness (QED) is 0.102. The van der Waals surface area contributed by atoms with Crippen molar-refractivity contribution in [3.8, 4) is 0 Å². The third-order valence-electron chi connectivity index (χ3n) is 9.68. The minimum Gasteiger partial charge on any atom is -0.337 e. The lowest BCUT2D eigenvalue weighted by Crippen LogP contribution is -2.17. The normalized spacial score (nSPS) is 11.7. The van der Waals surface area contributed by atoms with Crippen LogP contribution in [0.15, 0.2) is 142 Å². The van der Waals surface area contributed by atoms with E-state index in [1.807, 2.05) is 59.3 Å². The van der Waals surface area contributed by atoms with Gasteiger partial charge in [-0.3, -0.25) is 9.44 Å². The highest BCUT2D eigenvalue weighted by atomic mass is 32.2. The van der Waals surface area contributed by atoms with E-state index in [1.54, 1.807) is 50.2 Å². The molecular formula is C44H32F2N10O4S4. The Balaban J connectivity index is 0.000000162. The Hall–Kier alpha value is -7.26. The van der Waals surface area contributed by atoms with Crippen LogP contribution < -0.4 is 20.1 Å². The number of anilines is 6. The van der Waals surface area contributed by atoms with Gasteiger partial charge in [0, 0.05) is 32.9 Å². The largest absolute Gasteiger partial charge is 0.337 e. The van der Waals surface area contributed by atoms with Gasteiger partial charge in [-0.25, -0.2) is 45.6 Å². The highest BCUT2D eigenvalue weighted by molar-refractivity contribution is 7.93. The zero-order chi connectivity index (χ0) is 44.6. The minimum atomic E-state index is -4.25. The van der Waals surface area contributed by atoms with Crippen LogP contribution in [0.4, 0.5) is 43.4 Å². The number of hydrogen-bond donors (Lipinski definition) is 4. The maximum atomic E-state index is 14.4. The van der Waals surface area contributed by atoms with E-state index in [0.29, 0.717) is 44.6 Å². The molecule has 4 aromatic heterocycles. The molecule has 0 saturated carbocycles. The first kappa shape index (κ1) is 42.1. The molecule has 0 saturated heterocycles. The molecular weight excluding hydrogens is 899 g/mol. The predicted octanol–water partition coefficient (Wildman–Crippen LogP) is 10.5. The van der Waals surface area contributed by atoms with E-state index in [9.17, 15) is 25.6 Å². The number of benzene rings is 6. The number of hydrogen-bond acceptors (Lipinski definition) is 14. The van der Waals surface area contributed by atoms with Crippen LogP contribution in [0.2, 0.25) is 0 Å². The SMILES string of the molecule is Cc1ccc(S(=O)(=O)Nc2nc3ccccc3nc2Nc2ccc3nscc3c2)c(F)c1.Cc1ccc(S(=O)(=O)Nc2nc3ccccc3nc2Nc2ccc3nscc3c2)cc1F. The topological polar surface area (TPSA) is 194 Å². The molecule has 4 heterocycles. The number of aromatic nitrogens is 6. The van der Waals surface area contributed by atoms with Crippen molar-refractivity contribution in [3.05, 3.63) is 155 Å². The highest BCUT2D eigenvalue weighted by Crippen LogP contribution is 2.31. The van der Waals surface area contributed by atoms with Crippen LogP contribution in [-0.2, 0) is 20.0 Å². The average molecular weight is 931 g/mol. The molecule has 0 bridgehead atoms. The number of fused-ring (bicyclic) bond motifs is 4. The van der Waals surface area contributed by atoms with Crippen molar-refractivity contribution in [2.75, 3.05) is 20.1 Å². The van der Waals surface area contributed by atoms with Crippen LogP contribution in [0.1, 0.15) is 11.1 Å². The van der Waals surface area contributed by atoms with Gasteiger partial charge in [0.2, 0.25) is 0 Å². The first-order chi connectivity index (χ1) is 30.8. The summed E-state index contributed by atoms with van der Waals surface area (Å²) in [6, 6.07) is 33.0. The summed E-state index contributed by atoms with van der Waals surface area (Å²) in [5.41, 5.74) is 6.28.